The van der Waals surface area contributed by atoms with Gasteiger partial charge >= 0.3 is 6.09 Å². The second-order valence-corrected chi connectivity index (χ2v) is 8.46. The molecule has 3 atom stereocenters. The summed E-state index contributed by atoms with van der Waals surface area (Å²) in [5, 5.41) is 14.9. The number of fused-ring (bicyclic) bond motifs is 1. The third kappa shape index (κ3) is 5.25. The number of amides is 3. The molecule has 0 saturated carbocycles. The fourth-order valence-electron chi connectivity index (χ4n) is 4.19. The number of aliphatic hydroxyl groups excluding tert-OH is 1. The first-order valence-electron chi connectivity index (χ1n) is 10.8. The highest BCUT2D eigenvalue weighted by molar-refractivity contribution is 6.00. The Balaban J connectivity index is 1.63. The van der Waals surface area contributed by atoms with Crippen LogP contribution in [-0.2, 0) is 20.9 Å². The molecule has 2 aliphatic heterocycles. The molecule has 3 rings (SSSR count). The SMILES string of the molecule is CC(C)C1=C(NC(=O)[C@H](C)NC(=O)OCc2ccccc2)C(=O)N2[C@H](CO)CC[C@@H]2C1. The molecule has 0 bridgehead atoms. The highest BCUT2D eigenvalue weighted by Gasteiger charge is 2.43. The van der Waals surface area contributed by atoms with Crippen molar-refractivity contribution in [3.63, 3.8) is 0 Å². The maximum absolute atomic E-state index is 13.2. The Labute approximate surface area is 182 Å². The molecule has 1 fully saturated rings. The molecule has 8 nitrogen and oxygen atoms in total. The summed E-state index contributed by atoms with van der Waals surface area (Å²) in [5.41, 5.74) is 2.01. The van der Waals surface area contributed by atoms with Crippen molar-refractivity contribution >= 4 is 17.9 Å². The van der Waals surface area contributed by atoms with Gasteiger partial charge in [-0.05, 0) is 43.2 Å². The molecule has 3 amide bonds. The predicted molar refractivity (Wildman–Crippen MR) is 115 cm³/mol. The summed E-state index contributed by atoms with van der Waals surface area (Å²) >= 11 is 0. The average molecular weight is 430 g/mol. The van der Waals surface area contributed by atoms with E-state index in [0.29, 0.717) is 6.42 Å². The number of benzene rings is 1. The summed E-state index contributed by atoms with van der Waals surface area (Å²) < 4.78 is 5.16. The monoisotopic (exact) mass is 429 g/mol. The molecular weight excluding hydrogens is 398 g/mol. The van der Waals surface area contributed by atoms with Gasteiger partial charge in [-0.2, -0.15) is 0 Å². The molecule has 1 saturated heterocycles. The standard InChI is InChI=1S/C23H31N3O5/c1-14(2)19-11-17-9-10-18(12-27)26(17)22(29)20(19)25-21(28)15(3)24-23(30)31-13-16-7-5-4-6-8-16/h4-8,14-15,17-18,27H,9-13H2,1-3H3,(H,24,30)(H,25,28)/t15-,17+,18-/m0/s1. The second-order valence-electron chi connectivity index (χ2n) is 8.46. The smallest absolute Gasteiger partial charge is 0.408 e. The first-order valence-corrected chi connectivity index (χ1v) is 10.8. The minimum absolute atomic E-state index is 0.0613. The van der Waals surface area contributed by atoms with E-state index in [0.717, 1.165) is 24.0 Å². The van der Waals surface area contributed by atoms with Crippen LogP contribution in [0.3, 0.4) is 0 Å². The number of carbonyl (C=O) groups is 3. The number of alkyl carbamates (subject to hydrolysis) is 1. The number of ether oxygens (including phenoxy) is 1. The minimum Gasteiger partial charge on any atom is -0.445 e. The van der Waals surface area contributed by atoms with Gasteiger partial charge in [0.2, 0.25) is 5.91 Å². The summed E-state index contributed by atoms with van der Waals surface area (Å²) in [5.74, 6) is -0.659. The largest absolute Gasteiger partial charge is 0.445 e. The predicted octanol–water partition coefficient (Wildman–Crippen LogP) is 2.08. The number of aliphatic hydroxyl groups is 1. The first kappa shape index (κ1) is 22.8. The molecule has 3 N–H and O–H groups in total. The summed E-state index contributed by atoms with van der Waals surface area (Å²) in [6, 6.07) is 8.19. The Bertz CT molecular complexity index is 852. The topological polar surface area (TPSA) is 108 Å². The molecule has 1 aromatic rings. The van der Waals surface area contributed by atoms with Gasteiger partial charge in [-0.3, -0.25) is 9.59 Å². The van der Waals surface area contributed by atoms with Crippen LogP contribution >= 0.6 is 0 Å². The van der Waals surface area contributed by atoms with Crippen LogP contribution in [0, 0.1) is 5.92 Å². The lowest BCUT2D eigenvalue weighted by atomic mass is 9.89. The van der Waals surface area contributed by atoms with Gasteiger partial charge < -0.3 is 25.4 Å². The van der Waals surface area contributed by atoms with Crippen LogP contribution in [-0.4, -0.2) is 52.6 Å². The van der Waals surface area contributed by atoms with Gasteiger partial charge in [0.05, 0.1) is 12.6 Å². The number of carbonyl (C=O) groups excluding carboxylic acids is 3. The van der Waals surface area contributed by atoms with E-state index in [2.05, 4.69) is 10.6 Å². The molecule has 2 heterocycles. The molecular formula is C23H31N3O5. The molecule has 168 valence electrons. The van der Waals surface area contributed by atoms with E-state index in [1.165, 1.54) is 6.92 Å². The summed E-state index contributed by atoms with van der Waals surface area (Å²) in [7, 11) is 0. The summed E-state index contributed by atoms with van der Waals surface area (Å²) in [6.07, 6.45) is 1.57. The molecule has 0 radical (unpaired) electrons. The van der Waals surface area contributed by atoms with Gasteiger partial charge in [-0.25, -0.2) is 4.79 Å². The number of nitrogens with zero attached hydrogens (tertiary/aromatic N) is 1. The van der Waals surface area contributed by atoms with Crippen LogP contribution in [0.2, 0.25) is 0 Å². The fourth-order valence-corrected chi connectivity index (χ4v) is 4.19. The van der Waals surface area contributed by atoms with Gasteiger partial charge in [0.1, 0.15) is 18.3 Å². The zero-order valence-electron chi connectivity index (χ0n) is 18.3. The van der Waals surface area contributed by atoms with Crippen LogP contribution < -0.4 is 10.6 Å². The third-order valence-electron chi connectivity index (χ3n) is 5.94. The average Bonchev–Trinajstić information content (AvgIpc) is 3.18. The Kier molecular flexibility index (Phi) is 7.33. The summed E-state index contributed by atoms with van der Waals surface area (Å²) in [6.45, 7) is 5.53. The van der Waals surface area contributed by atoms with Crippen LogP contribution in [0.4, 0.5) is 4.79 Å². The quantitative estimate of drug-likeness (QED) is 0.615. The van der Waals surface area contributed by atoms with Crippen LogP contribution in [0.5, 0.6) is 0 Å². The van der Waals surface area contributed by atoms with Crippen LogP contribution in [0.1, 0.15) is 45.6 Å². The molecule has 1 aromatic carbocycles. The van der Waals surface area contributed by atoms with Crippen molar-refractivity contribution in [2.75, 3.05) is 6.61 Å². The molecule has 0 aromatic heterocycles. The highest BCUT2D eigenvalue weighted by Crippen LogP contribution is 2.36. The van der Waals surface area contributed by atoms with Crippen molar-refractivity contribution in [1.82, 2.24) is 15.5 Å². The Morgan fingerprint density at radius 2 is 1.90 bits per heavy atom. The van der Waals surface area contributed by atoms with Gasteiger partial charge in [-0.15, -0.1) is 0 Å². The number of hydrogen-bond donors (Lipinski definition) is 3. The van der Waals surface area contributed by atoms with Gasteiger partial charge in [0, 0.05) is 6.04 Å². The van der Waals surface area contributed by atoms with Gasteiger partial charge in [0.25, 0.3) is 5.91 Å². The second kappa shape index (κ2) is 9.96. The zero-order valence-corrected chi connectivity index (χ0v) is 18.3. The Hall–Kier alpha value is -2.87. The van der Waals surface area contributed by atoms with Crippen LogP contribution in [0.15, 0.2) is 41.6 Å². The van der Waals surface area contributed by atoms with Crippen LogP contribution in [0.25, 0.3) is 0 Å². The third-order valence-corrected chi connectivity index (χ3v) is 5.94. The number of hydrogen-bond acceptors (Lipinski definition) is 5. The number of rotatable bonds is 7. The van der Waals surface area contributed by atoms with E-state index in [1.54, 1.807) is 4.90 Å². The lowest BCUT2D eigenvalue weighted by Gasteiger charge is -2.37. The Morgan fingerprint density at radius 3 is 2.55 bits per heavy atom. The van der Waals surface area contributed by atoms with Crippen molar-refractivity contribution < 1.29 is 24.2 Å². The first-order chi connectivity index (χ1) is 14.8. The van der Waals surface area contributed by atoms with E-state index in [-0.39, 0.29) is 42.8 Å². The molecule has 0 aliphatic carbocycles. The van der Waals surface area contributed by atoms with Crippen molar-refractivity contribution in [3.8, 4) is 0 Å². The maximum atomic E-state index is 13.2. The molecule has 8 heteroatoms. The highest BCUT2D eigenvalue weighted by atomic mass is 16.5. The van der Waals surface area contributed by atoms with E-state index in [9.17, 15) is 19.5 Å². The van der Waals surface area contributed by atoms with E-state index >= 15 is 0 Å². The number of nitrogens with one attached hydrogen (secondary N) is 2. The van der Waals surface area contributed by atoms with Crippen molar-refractivity contribution in [1.29, 1.82) is 0 Å². The van der Waals surface area contributed by atoms with E-state index in [4.69, 9.17) is 4.74 Å². The van der Waals surface area contributed by atoms with Crippen molar-refractivity contribution in [3.05, 3.63) is 47.2 Å². The van der Waals surface area contributed by atoms with Gasteiger partial charge in [-0.1, -0.05) is 44.2 Å². The fraction of sp³-hybridized carbons (Fsp3) is 0.522. The zero-order chi connectivity index (χ0) is 22.5. The molecule has 0 spiro atoms. The van der Waals surface area contributed by atoms with Crippen molar-refractivity contribution in [2.45, 2.75) is 64.8 Å². The Morgan fingerprint density at radius 1 is 1.19 bits per heavy atom. The normalized spacial score (nSPS) is 21.7. The molecule has 31 heavy (non-hydrogen) atoms. The van der Waals surface area contributed by atoms with E-state index < -0.39 is 18.0 Å². The summed E-state index contributed by atoms with van der Waals surface area (Å²) in [4.78, 5) is 39.7. The maximum Gasteiger partial charge on any atom is 0.408 e. The lowest BCUT2D eigenvalue weighted by Crippen LogP contribution is -2.52. The molecule has 2 aliphatic rings. The van der Waals surface area contributed by atoms with E-state index in [1.807, 2.05) is 44.2 Å². The van der Waals surface area contributed by atoms with Crippen molar-refractivity contribution in [2.24, 2.45) is 5.92 Å². The lowest BCUT2D eigenvalue weighted by molar-refractivity contribution is -0.134. The molecule has 0 unspecified atom stereocenters. The minimum atomic E-state index is -0.887. The van der Waals surface area contributed by atoms with Gasteiger partial charge in [0.15, 0.2) is 0 Å².